The zero-order valence-electron chi connectivity index (χ0n) is 10.6. The Labute approximate surface area is 102 Å². The molecule has 17 heavy (non-hydrogen) atoms. The quantitative estimate of drug-likeness (QED) is 0.696. The molecule has 5 nitrogen and oxygen atoms in total. The van der Waals surface area contributed by atoms with Crippen molar-refractivity contribution in [2.45, 2.75) is 39.2 Å². The summed E-state index contributed by atoms with van der Waals surface area (Å²) in [6.45, 7) is 6.65. The van der Waals surface area contributed by atoms with Crippen LogP contribution in [0.1, 0.15) is 33.1 Å². The van der Waals surface area contributed by atoms with Crippen molar-refractivity contribution in [1.29, 1.82) is 0 Å². The van der Waals surface area contributed by atoms with Crippen LogP contribution in [0.25, 0.3) is 0 Å². The van der Waals surface area contributed by atoms with Gasteiger partial charge in [0, 0.05) is 19.1 Å². The van der Waals surface area contributed by atoms with Crippen LogP contribution in [-0.4, -0.2) is 47.6 Å². The number of hydrogen-bond acceptors (Lipinski definition) is 3. The molecular formula is C12H22N2O3. The van der Waals surface area contributed by atoms with Crippen LogP contribution in [0.3, 0.4) is 0 Å². The second-order valence-corrected chi connectivity index (χ2v) is 4.68. The minimum atomic E-state index is -1.06. The summed E-state index contributed by atoms with van der Waals surface area (Å²) in [5.74, 6) is -2.39. The number of carbonyl (C=O) groups is 2. The Balaban J connectivity index is 2.30. The third-order valence-electron chi connectivity index (χ3n) is 3.24. The molecule has 0 aliphatic carbocycles. The summed E-state index contributed by atoms with van der Waals surface area (Å²) in [5, 5.41) is 11.5. The summed E-state index contributed by atoms with van der Waals surface area (Å²) in [6, 6.07) is 0.136. The van der Waals surface area contributed by atoms with Crippen molar-refractivity contribution >= 4 is 11.9 Å². The number of likely N-dealkylation sites (tertiary alicyclic amines) is 1. The van der Waals surface area contributed by atoms with Gasteiger partial charge in [-0.15, -0.1) is 0 Å². The van der Waals surface area contributed by atoms with Gasteiger partial charge < -0.3 is 15.3 Å². The minimum Gasteiger partial charge on any atom is -0.481 e. The van der Waals surface area contributed by atoms with Crippen molar-refractivity contribution in [2.75, 3.05) is 19.6 Å². The van der Waals surface area contributed by atoms with Gasteiger partial charge in [0.2, 0.25) is 5.91 Å². The van der Waals surface area contributed by atoms with Gasteiger partial charge in [-0.05, 0) is 32.7 Å². The summed E-state index contributed by atoms with van der Waals surface area (Å²) >= 11 is 0. The van der Waals surface area contributed by atoms with Gasteiger partial charge in [0.15, 0.2) is 0 Å². The normalized spacial score (nSPS) is 19.9. The number of nitrogens with one attached hydrogen (secondary N) is 1. The van der Waals surface area contributed by atoms with Crippen LogP contribution in [0.2, 0.25) is 0 Å². The van der Waals surface area contributed by atoms with Gasteiger partial charge in [-0.2, -0.15) is 0 Å². The maximum Gasteiger partial charge on any atom is 0.315 e. The van der Waals surface area contributed by atoms with E-state index in [1.54, 1.807) is 0 Å². The average molecular weight is 242 g/mol. The fraction of sp³-hybridized carbons (Fsp3) is 0.833. The number of carboxylic acids is 1. The van der Waals surface area contributed by atoms with Crippen molar-refractivity contribution in [2.24, 2.45) is 5.92 Å². The van der Waals surface area contributed by atoms with Gasteiger partial charge in [0.25, 0.3) is 0 Å². The number of piperidine rings is 1. The van der Waals surface area contributed by atoms with Crippen molar-refractivity contribution in [1.82, 2.24) is 10.2 Å². The van der Waals surface area contributed by atoms with Gasteiger partial charge in [0.05, 0.1) is 0 Å². The number of rotatable bonds is 5. The zero-order chi connectivity index (χ0) is 12.8. The van der Waals surface area contributed by atoms with Crippen LogP contribution < -0.4 is 5.32 Å². The lowest BCUT2D eigenvalue weighted by Gasteiger charge is -2.32. The van der Waals surface area contributed by atoms with Crippen molar-refractivity contribution in [3.8, 4) is 0 Å². The van der Waals surface area contributed by atoms with E-state index in [0.29, 0.717) is 0 Å². The van der Waals surface area contributed by atoms with Crippen LogP contribution >= 0.6 is 0 Å². The molecule has 1 rings (SSSR count). The molecule has 1 aliphatic heterocycles. The highest BCUT2D eigenvalue weighted by Gasteiger charge is 2.25. The Bertz CT molecular complexity index is 273. The lowest BCUT2D eigenvalue weighted by Crippen LogP contribution is -2.47. The predicted octanol–water partition coefficient (Wildman–Crippen LogP) is 0.698. The van der Waals surface area contributed by atoms with Crippen LogP contribution in [0.15, 0.2) is 0 Å². The molecule has 1 heterocycles. The first-order valence-electron chi connectivity index (χ1n) is 6.30. The SMILES string of the molecule is CCCN1CCC(NC(=O)C(C)C(=O)O)CC1. The van der Waals surface area contributed by atoms with E-state index in [4.69, 9.17) is 5.11 Å². The van der Waals surface area contributed by atoms with Crippen molar-refractivity contribution in [3.05, 3.63) is 0 Å². The summed E-state index contributed by atoms with van der Waals surface area (Å²) in [6.07, 6.45) is 2.98. The van der Waals surface area contributed by atoms with Crippen LogP contribution in [0.5, 0.6) is 0 Å². The minimum absolute atomic E-state index is 0.136. The van der Waals surface area contributed by atoms with E-state index >= 15 is 0 Å². The summed E-state index contributed by atoms with van der Waals surface area (Å²) in [7, 11) is 0. The van der Waals surface area contributed by atoms with Gasteiger partial charge in [-0.3, -0.25) is 9.59 Å². The van der Waals surface area contributed by atoms with Crippen molar-refractivity contribution < 1.29 is 14.7 Å². The highest BCUT2D eigenvalue weighted by atomic mass is 16.4. The second-order valence-electron chi connectivity index (χ2n) is 4.68. The molecule has 5 heteroatoms. The average Bonchev–Trinajstić information content (AvgIpc) is 2.30. The number of amides is 1. The first-order valence-corrected chi connectivity index (χ1v) is 6.30. The number of aliphatic carboxylic acids is 1. The Morgan fingerprint density at radius 2 is 2.00 bits per heavy atom. The fourth-order valence-corrected chi connectivity index (χ4v) is 2.06. The smallest absolute Gasteiger partial charge is 0.315 e. The second kappa shape index (κ2) is 6.59. The lowest BCUT2D eigenvalue weighted by atomic mass is 10.0. The van der Waals surface area contributed by atoms with Crippen LogP contribution in [0, 0.1) is 5.92 Å². The Kier molecular flexibility index (Phi) is 5.41. The van der Waals surface area contributed by atoms with E-state index in [2.05, 4.69) is 17.1 Å². The number of nitrogens with zero attached hydrogens (tertiary/aromatic N) is 1. The molecule has 0 aromatic heterocycles. The highest BCUT2D eigenvalue weighted by molar-refractivity contribution is 5.96. The Morgan fingerprint density at radius 1 is 1.41 bits per heavy atom. The Morgan fingerprint density at radius 3 is 2.47 bits per heavy atom. The van der Waals surface area contributed by atoms with E-state index in [1.807, 2.05) is 0 Å². The molecule has 2 N–H and O–H groups in total. The molecule has 0 aromatic rings. The summed E-state index contributed by atoms with van der Waals surface area (Å²) < 4.78 is 0. The molecule has 1 atom stereocenters. The summed E-state index contributed by atoms with van der Waals surface area (Å²) in [4.78, 5) is 24.6. The molecule has 1 aliphatic rings. The number of hydrogen-bond donors (Lipinski definition) is 2. The van der Waals surface area contributed by atoms with E-state index < -0.39 is 11.9 Å². The third kappa shape index (κ3) is 4.34. The molecule has 1 amide bonds. The molecular weight excluding hydrogens is 220 g/mol. The zero-order valence-corrected chi connectivity index (χ0v) is 10.6. The largest absolute Gasteiger partial charge is 0.481 e. The molecule has 1 saturated heterocycles. The van der Waals surface area contributed by atoms with E-state index in [1.165, 1.54) is 6.92 Å². The molecule has 1 fully saturated rings. The van der Waals surface area contributed by atoms with E-state index in [9.17, 15) is 9.59 Å². The third-order valence-corrected chi connectivity index (χ3v) is 3.24. The lowest BCUT2D eigenvalue weighted by molar-refractivity contribution is -0.146. The monoisotopic (exact) mass is 242 g/mol. The van der Waals surface area contributed by atoms with Gasteiger partial charge in [0.1, 0.15) is 5.92 Å². The Hall–Kier alpha value is -1.10. The maximum atomic E-state index is 11.6. The molecule has 0 radical (unpaired) electrons. The number of carbonyl (C=O) groups excluding carboxylic acids is 1. The number of carboxylic acid groups (broad SMARTS) is 1. The molecule has 0 saturated carbocycles. The molecule has 98 valence electrons. The predicted molar refractivity (Wildman–Crippen MR) is 64.7 cm³/mol. The van der Waals surface area contributed by atoms with E-state index in [0.717, 1.165) is 38.9 Å². The molecule has 0 bridgehead atoms. The van der Waals surface area contributed by atoms with Gasteiger partial charge in [-0.1, -0.05) is 6.92 Å². The molecule has 0 spiro atoms. The first-order chi connectivity index (χ1) is 8.04. The van der Waals surface area contributed by atoms with Gasteiger partial charge in [-0.25, -0.2) is 0 Å². The standard InChI is InChI=1S/C12H22N2O3/c1-3-6-14-7-4-10(5-8-14)13-11(15)9(2)12(16)17/h9-10H,3-8H2,1-2H3,(H,13,15)(H,16,17). The van der Waals surface area contributed by atoms with E-state index in [-0.39, 0.29) is 11.9 Å². The highest BCUT2D eigenvalue weighted by Crippen LogP contribution is 2.11. The van der Waals surface area contributed by atoms with Crippen LogP contribution in [-0.2, 0) is 9.59 Å². The van der Waals surface area contributed by atoms with Gasteiger partial charge >= 0.3 is 5.97 Å². The molecule has 0 aromatic carbocycles. The first kappa shape index (κ1) is 14.0. The maximum absolute atomic E-state index is 11.6. The fourth-order valence-electron chi connectivity index (χ4n) is 2.06. The van der Waals surface area contributed by atoms with Crippen molar-refractivity contribution in [3.63, 3.8) is 0 Å². The topological polar surface area (TPSA) is 69.6 Å². The molecule has 1 unspecified atom stereocenters. The summed E-state index contributed by atoms with van der Waals surface area (Å²) in [5.41, 5.74) is 0. The van der Waals surface area contributed by atoms with Crippen LogP contribution in [0.4, 0.5) is 0 Å².